The smallest absolute Gasteiger partial charge is 0.335 e. The number of hydrogen-bond donors (Lipinski definition) is 2. The van der Waals surface area contributed by atoms with Crippen LogP contribution in [0.15, 0.2) is 60.7 Å². The number of aromatic nitrogens is 2. The lowest BCUT2D eigenvalue weighted by atomic mass is 10.2. The van der Waals surface area contributed by atoms with Crippen molar-refractivity contribution in [1.82, 2.24) is 9.97 Å². The Kier molecular flexibility index (Phi) is 5.39. The summed E-state index contributed by atoms with van der Waals surface area (Å²) >= 11 is 1.61. The number of thiophene rings is 1. The Morgan fingerprint density at radius 1 is 1.04 bits per heavy atom. The number of hydrogen-bond acceptors (Lipinski definition) is 5. The molecule has 0 aliphatic heterocycles. The minimum atomic E-state index is -0.959. The number of aryl methyl sites for hydroxylation is 1. The van der Waals surface area contributed by atoms with Crippen molar-refractivity contribution in [2.45, 2.75) is 6.92 Å². The lowest BCUT2D eigenvalue weighted by Gasteiger charge is -2.08. The summed E-state index contributed by atoms with van der Waals surface area (Å²) in [5, 5.41) is 13.3. The molecule has 2 aromatic carbocycles. The van der Waals surface area contributed by atoms with Gasteiger partial charge in [-0.2, -0.15) is 0 Å². The van der Waals surface area contributed by atoms with Gasteiger partial charge in [0.05, 0.1) is 10.9 Å². The fourth-order valence-corrected chi connectivity index (χ4v) is 3.82. The number of halogens is 1. The van der Waals surface area contributed by atoms with Crippen molar-refractivity contribution in [2.24, 2.45) is 0 Å². The first kappa shape index (κ1) is 18.8. The molecule has 0 spiro atoms. The van der Waals surface area contributed by atoms with E-state index >= 15 is 0 Å². The number of anilines is 2. The van der Waals surface area contributed by atoms with Gasteiger partial charge in [0.15, 0.2) is 0 Å². The molecule has 0 saturated carbocycles. The Morgan fingerprint density at radius 3 is 2.56 bits per heavy atom. The first-order valence-electron chi connectivity index (χ1n) is 8.04. The van der Waals surface area contributed by atoms with Gasteiger partial charge in [-0.05, 0) is 36.8 Å². The molecule has 2 heterocycles. The fraction of sp³-hybridized carbons (Fsp3) is 0.0500. The first-order chi connectivity index (χ1) is 12.6. The zero-order valence-corrected chi connectivity index (χ0v) is 16.0. The van der Waals surface area contributed by atoms with Gasteiger partial charge >= 0.3 is 5.97 Å². The van der Waals surface area contributed by atoms with Gasteiger partial charge in [-0.25, -0.2) is 14.8 Å². The molecule has 0 saturated heterocycles. The zero-order chi connectivity index (χ0) is 18.1. The maximum atomic E-state index is 11.2. The van der Waals surface area contributed by atoms with Gasteiger partial charge in [0.1, 0.15) is 16.5 Å². The molecule has 0 radical (unpaired) electrons. The van der Waals surface area contributed by atoms with Crippen LogP contribution in [0, 0.1) is 6.92 Å². The highest BCUT2D eigenvalue weighted by atomic mass is 35.5. The number of carboxylic acid groups (broad SMARTS) is 1. The second kappa shape index (κ2) is 7.73. The monoisotopic (exact) mass is 397 g/mol. The topological polar surface area (TPSA) is 75.1 Å². The van der Waals surface area contributed by atoms with Crippen molar-refractivity contribution < 1.29 is 9.90 Å². The highest BCUT2D eigenvalue weighted by Gasteiger charge is 2.12. The second-order valence-electron chi connectivity index (χ2n) is 5.83. The molecule has 136 valence electrons. The van der Waals surface area contributed by atoms with Crippen molar-refractivity contribution in [3.8, 4) is 10.4 Å². The molecule has 7 heteroatoms. The van der Waals surface area contributed by atoms with Crippen LogP contribution in [-0.4, -0.2) is 21.0 Å². The molecule has 5 nitrogen and oxygen atoms in total. The van der Waals surface area contributed by atoms with Gasteiger partial charge in [0.25, 0.3) is 0 Å². The van der Waals surface area contributed by atoms with Gasteiger partial charge in [0, 0.05) is 10.6 Å². The van der Waals surface area contributed by atoms with Gasteiger partial charge < -0.3 is 10.4 Å². The Morgan fingerprint density at radius 2 is 1.81 bits per heavy atom. The molecule has 0 fully saturated rings. The highest BCUT2D eigenvalue weighted by molar-refractivity contribution is 7.21. The predicted octanol–water partition coefficient (Wildman–Crippen LogP) is 5.53. The van der Waals surface area contributed by atoms with E-state index in [2.05, 4.69) is 33.5 Å². The van der Waals surface area contributed by atoms with Crippen molar-refractivity contribution in [3.63, 3.8) is 0 Å². The van der Waals surface area contributed by atoms with Crippen molar-refractivity contribution in [1.29, 1.82) is 0 Å². The molecule has 4 aromatic rings. The number of nitrogens with zero attached hydrogens (tertiary/aromatic N) is 2. The molecular formula is C20H16ClN3O2S. The third kappa shape index (κ3) is 3.92. The summed E-state index contributed by atoms with van der Waals surface area (Å²) in [5.41, 5.74) is 2.04. The minimum absolute atomic E-state index is 0. The summed E-state index contributed by atoms with van der Waals surface area (Å²) in [6.07, 6.45) is 0. The van der Waals surface area contributed by atoms with E-state index in [1.165, 1.54) is 0 Å². The number of rotatable bonds is 4. The van der Waals surface area contributed by atoms with Crippen LogP contribution in [0.3, 0.4) is 0 Å². The van der Waals surface area contributed by atoms with E-state index in [0.29, 0.717) is 17.3 Å². The summed E-state index contributed by atoms with van der Waals surface area (Å²) in [6.45, 7) is 1.85. The van der Waals surface area contributed by atoms with Crippen molar-refractivity contribution >= 4 is 51.4 Å². The SMILES string of the molecule is Cc1nc(Nc2cccc(C(=O)O)c2)c2cc(-c3ccccc3)sc2n1.Cl. The van der Waals surface area contributed by atoms with Gasteiger partial charge in [-0.15, -0.1) is 23.7 Å². The molecule has 0 aliphatic rings. The Bertz CT molecular complexity index is 1110. The van der Waals surface area contributed by atoms with Crippen LogP contribution in [0.5, 0.6) is 0 Å². The Labute approximate surface area is 166 Å². The molecule has 27 heavy (non-hydrogen) atoms. The third-order valence-electron chi connectivity index (χ3n) is 3.94. The summed E-state index contributed by atoms with van der Waals surface area (Å²) in [5.74, 6) is 0.379. The quantitative estimate of drug-likeness (QED) is 0.473. The molecule has 0 amide bonds. The van der Waals surface area contributed by atoms with Gasteiger partial charge in [0.2, 0.25) is 0 Å². The second-order valence-corrected chi connectivity index (χ2v) is 6.86. The largest absolute Gasteiger partial charge is 0.478 e. The molecular weight excluding hydrogens is 382 g/mol. The van der Waals surface area contributed by atoms with Crippen molar-refractivity contribution in [2.75, 3.05) is 5.32 Å². The number of aromatic carboxylic acids is 1. The lowest BCUT2D eigenvalue weighted by molar-refractivity contribution is 0.0697. The van der Waals surface area contributed by atoms with Crippen LogP contribution in [0.2, 0.25) is 0 Å². The molecule has 0 bridgehead atoms. The Balaban J connectivity index is 0.00000210. The summed E-state index contributed by atoms with van der Waals surface area (Å²) in [7, 11) is 0. The zero-order valence-electron chi connectivity index (χ0n) is 14.3. The third-order valence-corrected chi connectivity index (χ3v) is 5.01. The van der Waals surface area contributed by atoms with Gasteiger partial charge in [-0.1, -0.05) is 36.4 Å². The van der Waals surface area contributed by atoms with Crippen LogP contribution in [-0.2, 0) is 0 Å². The number of carbonyl (C=O) groups is 1. The van der Waals surface area contributed by atoms with Gasteiger partial charge in [-0.3, -0.25) is 0 Å². The number of nitrogens with one attached hydrogen (secondary N) is 1. The summed E-state index contributed by atoms with van der Waals surface area (Å²) in [6, 6.07) is 18.9. The van der Waals surface area contributed by atoms with Crippen LogP contribution < -0.4 is 5.32 Å². The lowest BCUT2D eigenvalue weighted by Crippen LogP contribution is -2.00. The minimum Gasteiger partial charge on any atom is -0.478 e. The summed E-state index contributed by atoms with van der Waals surface area (Å²) in [4.78, 5) is 22.2. The number of benzene rings is 2. The van der Waals surface area contributed by atoms with E-state index in [-0.39, 0.29) is 18.0 Å². The maximum Gasteiger partial charge on any atom is 0.335 e. The average molecular weight is 398 g/mol. The molecule has 2 N–H and O–H groups in total. The summed E-state index contributed by atoms with van der Waals surface area (Å²) < 4.78 is 0. The van der Waals surface area contributed by atoms with Crippen LogP contribution in [0.1, 0.15) is 16.2 Å². The molecule has 0 atom stereocenters. The molecule has 0 unspecified atom stereocenters. The Hall–Kier alpha value is -2.96. The van der Waals surface area contributed by atoms with Crippen LogP contribution in [0.25, 0.3) is 20.7 Å². The van der Waals surface area contributed by atoms with Crippen LogP contribution >= 0.6 is 23.7 Å². The molecule has 4 rings (SSSR count). The first-order valence-corrected chi connectivity index (χ1v) is 8.86. The molecule has 0 aliphatic carbocycles. The van der Waals surface area contributed by atoms with E-state index in [1.807, 2.05) is 31.2 Å². The average Bonchev–Trinajstić information content (AvgIpc) is 3.07. The van der Waals surface area contributed by atoms with E-state index in [9.17, 15) is 4.79 Å². The van der Waals surface area contributed by atoms with E-state index in [0.717, 1.165) is 20.7 Å². The standard InChI is InChI=1S/C20H15N3O2S.ClH/c1-12-21-18(23-15-9-5-8-14(10-15)20(24)25)16-11-17(26-19(16)22-12)13-6-3-2-4-7-13;/h2-11H,1H3,(H,24,25)(H,21,22,23);1H. The maximum absolute atomic E-state index is 11.2. The van der Waals surface area contributed by atoms with E-state index in [4.69, 9.17) is 5.11 Å². The number of carboxylic acids is 1. The molecule has 2 aromatic heterocycles. The number of fused-ring (bicyclic) bond motifs is 1. The normalized spacial score (nSPS) is 10.4. The van der Waals surface area contributed by atoms with Crippen LogP contribution in [0.4, 0.5) is 11.5 Å². The van der Waals surface area contributed by atoms with E-state index < -0.39 is 5.97 Å². The highest BCUT2D eigenvalue weighted by Crippen LogP contribution is 2.36. The van der Waals surface area contributed by atoms with Crippen molar-refractivity contribution in [3.05, 3.63) is 72.1 Å². The van der Waals surface area contributed by atoms with E-state index in [1.54, 1.807) is 29.5 Å². The predicted molar refractivity (Wildman–Crippen MR) is 112 cm³/mol. The fourth-order valence-electron chi connectivity index (χ4n) is 2.73.